The van der Waals surface area contributed by atoms with E-state index in [0.717, 1.165) is 24.3 Å². The number of anilines is 1. The van der Waals surface area contributed by atoms with Gasteiger partial charge in [0.2, 0.25) is 0 Å². The Bertz CT molecular complexity index is 832. The van der Waals surface area contributed by atoms with Crippen molar-refractivity contribution in [2.45, 2.75) is 4.90 Å². The SMILES string of the molecule is COC(=O)/C=C/c1cc(F)ccc1S(=O)(=O)Nc1ccccc1. The molecule has 0 aliphatic carbocycles. The van der Waals surface area contributed by atoms with Gasteiger partial charge in [0.05, 0.1) is 12.0 Å². The molecule has 2 aromatic carbocycles. The highest BCUT2D eigenvalue weighted by molar-refractivity contribution is 7.92. The molecule has 5 nitrogen and oxygen atoms in total. The lowest BCUT2D eigenvalue weighted by atomic mass is 10.2. The molecule has 0 atom stereocenters. The predicted octanol–water partition coefficient (Wildman–Crippen LogP) is 2.81. The highest BCUT2D eigenvalue weighted by Gasteiger charge is 2.18. The molecule has 0 spiro atoms. The minimum Gasteiger partial charge on any atom is -0.466 e. The summed E-state index contributed by atoms with van der Waals surface area (Å²) >= 11 is 0. The van der Waals surface area contributed by atoms with Gasteiger partial charge in [0.25, 0.3) is 10.0 Å². The van der Waals surface area contributed by atoms with Crippen LogP contribution in [0, 0.1) is 5.82 Å². The van der Waals surface area contributed by atoms with E-state index in [-0.39, 0.29) is 10.5 Å². The third-order valence-corrected chi connectivity index (χ3v) is 4.34. The van der Waals surface area contributed by atoms with Crippen molar-refractivity contribution >= 4 is 27.8 Å². The monoisotopic (exact) mass is 335 g/mol. The topological polar surface area (TPSA) is 72.5 Å². The Morgan fingerprint density at radius 1 is 1.17 bits per heavy atom. The van der Waals surface area contributed by atoms with Crippen molar-refractivity contribution in [1.29, 1.82) is 0 Å². The number of sulfonamides is 1. The number of esters is 1. The standard InChI is InChI=1S/C16H14FNO4S/c1-22-16(19)10-7-12-11-13(17)8-9-15(12)23(20,21)18-14-5-3-2-4-6-14/h2-11,18H,1H3/b10-7+. The lowest BCUT2D eigenvalue weighted by Gasteiger charge is -2.10. The van der Waals surface area contributed by atoms with Gasteiger partial charge in [0.1, 0.15) is 5.82 Å². The van der Waals surface area contributed by atoms with Gasteiger partial charge in [0, 0.05) is 11.8 Å². The maximum absolute atomic E-state index is 13.4. The number of rotatable bonds is 5. The normalized spacial score (nSPS) is 11.4. The van der Waals surface area contributed by atoms with Crippen LogP contribution < -0.4 is 4.72 Å². The molecule has 0 amide bonds. The number of carbonyl (C=O) groups is 1. The van der Waals surface area contributed by atoms with Crippen LogP contribution in [-0.2, 0) is 19.6 Å². The average Bonchev–Trinajstić information content (AvgIpc) is 2.53. The van der Waals surface area contributed by atoms with Crippen LogP contribution in [0.1, 0.15) is 5.56 Å². The van der Waals surface area contributed by atoms with E-state index < -0.39 is 21.8 Å². The Morgan fingerprint density at radius 2 is 1.87 bits per heavy atom. The van der Waals surface area contributed by atoms with Gasteiger partial charge in [-0.15, -0.1) is 0 Å². The van der Waals surface area contributed by atoms with Gasteiger partial charge in [-0.3, -0.25) is 4.72 Å². The smallest absolute Gasteiger partial charge is 0.330 e. The summed E-state index contributed by atoms with van der Waals surface area (Å²) in [6.45, 7) is 0. The second-order valence-corrected chi connectivity index (χ2v) is 6.16. The molecule has 0 saturated carbocycles. The molecule has 0 aromatic heterocycles. The second kappa shape index (κ2) is 7.06. The van der Waals surface area contributed by atoms with E-state index in [1.54, 1.807) is 30.3 Å². The van der Waals surface area contributed by atoms with Crippen LogP contribution in [0.2, 0.25) is 0 Å². The Balaban J connectivity index is 2.41. The molecule has 0 aliphatic heterocycles. The van der Waals surface area contributed by atoms with Gasteiger partial charge in [-0.05, 0) is 42.0 Å². The fourth-order valence-corrected chi connectivity index (χ4v) is 3.08. The first kappa shape index (κ1) is 16.7. The number of carbonyl (C=O) groups excluding carboxylic acids is 1. The third kappa shape index (κ3) is 4.40. The van der Waals surface area contributed by atoms with Crippen LogP contribution in [-0.4, -0.2) is 21.5 Å². The van der Waals surface area contributed by atoms with Gasteiger partial charge in [-0.25, -0.2) is 17.6 Å². The van der Waals surface area contributed by atoms with Crippen LogP contribution in [0.4, 0.5) is 10.1 Å². The summed E-state index contributed by atoms with van der Waals surface area (Å²) in [5, 5.41) is 0. The molecule has 0 fully saturated rings. The van der Waals surface area contributed by atoms with Crippen molar-refractivity contribution in [2.75, 3.05) is 11.8 Å². The van der Waals surface area contributed by atoms with Gasteiger partial charge in [0.15, 0.2) is 0 Å². The highest BCUT2D eigenvalue weighted by Crippen LogP contribution is 2.22. The third-order valence-electron chi connectivity index (χ3n) is 2.89. The highest BCUT2D eigenvalue weighted by atomic mass is 32.2. The van der Waals surface area contributed by atoms with E-state index in [0.29, 0.717) is 5.69 Å². The average molecular weight is 335 g/mol. The quantitative estimate of drug-likeness (QED) is 0.674. The number of methoxy groups -OCH3 is 1. The fraction of sp³-hybridized carbons (Fsp3) is 0.0625. The molecule has 2 aromatic rings. The minimum absolute atomic E-state index is 0.0406. The van der Waals surface area contributed by atoms with Gasteiger partial charge in [-0.2, -0.15) is 0 Å². The van der Waals surface area contributed by atoms with E-state index in [2.05, 4.69) is 9.46 Å². The number of halogens is 1. The van der Waals surface area contributed by atoms with Crippen molar-refractivity contribution < 1.29 is 22.3 Å². The van der Waals surface area contributed by atoms with Crippen LogP contribution in [0.25, 0.3) is 6.08 Å². The minimum atomic E-state index is -3.94. The molecular formula is C16H14FNO4S. The second-order valence-electron chi connectivity index (χ2n) is 4.51. The molecule has 0 bridgehead atoms. The lowest BCUT2D eigenvalue weighted by Crippen LogP contribution is -2.14. The van der Waals surface area contributed by atoms with Crippen molar-refractivity contribution in [2.24, 2.45) is 0 Å². The molecule has 23 heavy (non-hydrogen) atoms. The van der Waals surface area contributed by atoms with E-state index in [1.165, 1.54) is 13.2 Å². The first-order valence-corrected chi connectivity index (χ1v) is 8.04. The van der Waals surface area contributed by atoms with Crippen LogP contribution in [0.3, 0.4) is 0 Å². The molecule has 0 saturated heterocycles. The number of ether oxygens (including phenoxy) is 1. The molecule has 7 heteroatoms. The summed E-state index contributed by atoms with van der Waals surface area (Å²) in [4.78, 5) is 11.0. The maximum Gasteiger partial charge on any atom is 0.330 e. The number of hydrogen-bond donors (Lipinski definition) is 1. The zero-order valence-corrected chi connectivity index (χ0v) is 13.0. The van der Waals surface area contributed by atoms with E-state index in [9.17, 15) is 17.6 Å². The molecular weight excluding hydrogens is 321 g/mol. The molecule has 0 aliphatic rings. The van der Waals surface area contributed by atoms with Crippen molar-refractivity contribution in [1.82, 2.24) is 0 Å². The van der Waals surface area contributed by atoms with E-state index in [4.69, 9.17) is 0 Å². The maximum atomic E-state index is 13.4. The molecule has 2 rings (SSSR count). The summed E-state index contributed by atoms with van der Waals surface area (Å²) in [5.74, 6) is -1.29. The summed E-state index contributed by atoms with van der Waals surface area (Å²) in [7, 11) is -2.75. The van der Waals surface area contributed by atoms with E-state index >= 15 is 0 Å². The van der Waals surface area contributed by atoms with Gasteiger partial charge < -0.3 is 4.74 Å². The number of para-hydroxylation sites is 1. The zero-order valence-electron chi connectivity index (χ0n) is 12.2. The Labute approximate surface area is 133 Å². The Hall–Kier alpha value is -2.67. The molecule has 0 unspecified atom stereocenters. The Morgan fingerprint density at radius 3 is 2.52 bits per heavy atom. The van der Waals surface area contributed by atoms with Crippen LogP contribution in [0.15, 0.2) is 59.5 Å². The summed E-state index contributed by atoms with van der Waals surface area (Å²) in [6.07, 6.45) is 2.21. The molecule has 1 N–H and O–H groups in total. The van der Waals surface area contributed by atoms with Gasteiger partial charge >= 0.3 is 5.97 Å². The first-order chi connectivity index (χ1) is 10.9. The van der Waals surface area contributed by atoms with Gasteiger partial charge in [-0.1, -0.05) is 18.2 Å². The zero-order chi connectivity index (χ0) is 16.9. The fourth-order valence-electron chi connectivity index (χ4n) is 1.84. The van der Waals surface area contributed by atoms with Crippen LogP contribution >= 0.6 is 0 Å². The van der Waals surface area contributed by atoms with Crippen LogP contribution in [0.5, 0.6) is 0 Å². The number of nitrogens with one attached hydrogen (secondary N) is 1. The summed E-state index contributed by atoms with van der Waals surface area (Å²) < 4.78 is 45.2. The largest absolute Gasteiger partial charge is 0.466 e. The predicted molar refractivity (Wildman–Crippen MR) is 84.7 cm³/mol. The summed E-state index contributed by atoms with van der Waals surface area (Å²) in [6, 6.07) is 11.5. The molecule has 120 valence electrons. The number of hydrogen-bond acceptors (Lipinski definition) is 4. The van der Waals surface area contributed by atoms with Crippen molar-refractivity contribution in [3.63, 3.8) is 0 Å². The summed E-state index contributed by atoms with van der Waals surface area (Å²) in [5.41, 5.74) is 0.415. The van der Waals surface area contributed by atoms with Crippen molar-refractivity contribution in [3.05, 3.63) is 66.0 Å². The number of benzene rings is 2. The first-order valence-electron chi connectivity index (χ1n) is 6.56. The Kier molecular flexibility index (Phi) is 5.13. The van der Waals surface area contributed by atoms with E-state index in [1.807, 2.05) is 0 Å². The van der Waals surface area contributed by atoms with Crippen molar-refractivity contribution in [3.8, 4) is 0 Å². The molecule has 0 radical (unpaired) electrons. The molecule has 0 heterocycles. The lowest BCUT2D eigenvalue weighted by molar-refractivity contribution is -0.134.